The van der Waals surface area contributed by atoms with Crippen LogP contribution in [0.4, 0.5) is 0 Å². The number of carbonyl (C=O) groups is 2. The van der Waals surface area contributed by atoms with Crippen LogP contribution in [-0.2, 0) is 14.3 Å². The zero-order valence-electron chi connectivity index (χ0n) is 12.8. The molecule has 5 nitrogen and oxygen atoms in total. The van der Waals surface area contributed by atoms with Crippen molar-refractivity contribution in [1.82, 2.24) is 5.32 Å². The number of amides is 1. The second kappa shape index (κ2) is 8.92. The summed E-state index contributed by atoms with van der Waals surface area (Å²) in [5, 5.41) is 5.43. The van der Waals surface area contributed by atoms with Crippen LogP contribution >= 0.6 is 34.5 Å². The highest BCUT2D eigenvalue weighted by atomic mass is 35.5. The maximum Gasteiger partial charge on any atom is 0.307 e. The molecule has 1 aromatic carbocycles. The van der Waals surface area contributed by atoms with Crippen LogP contribution in [0.3, 0.4) is 0 Å². The number of hydrogen-bond donors (Lipinski definition) is 1. The van der Waals surface area contributed by atoms with E-state index in [1.807, 2.05) is 17.5 Å². The third-order valence-corrected chi connectivity index (χ3v) is 4.59. The fourth-order valence-electron chi connectivity index (χ4n) is 1.93. The summed E-state index contributed by atoms with van der Waals surface area (Å²) in [5.74, 6) is -0.421. The van der Waals surface area contributed by atoms with Crippen molar-refractivity contribution in [3.05, 3.63) is 50.6 Å². The Morgan fingerprint density at radius 3 is 2.71 bits per heavy atom. The highest BCUT2D eigenvalue weighted by Crippen LogP contribution is 2.27. The Morgan fingerprint density at radius 1 is 1.29 bits per heavy atom. The van der Waals surface area contributed by atoms with Crippen LogP contribution in [0.2, 0.25) is 10.0 Å². The van der Waals surface area contributed by atoms with E-state index in [0.29, 0.717) is 15.8 Å². The summed E-state index contributed by atoms with van der Waals surface area (Å²) in [5.41, 5.74) is 0. The Hall–Kier alpha value is -1.76. The van der Waals surface area contributed by atoms with E-state index in [9.17, 15) is 9.59 Å². The van der Waals surface area contributed by atoms with Crippen molar-refractivity contribution < 1.29 is 19.1 Å². The second-order valence-electron chi connectivity index (χ2n) is 4.78. The minimum Gasteiger partial charge on any atom is -0.482 e. The zero-order valence-corrected chi connectivity index (χ0v) is 15.1. The third-order valence-electron chi connectivity index (χ3n) is 3.07. The van der Waals surface area contributed by atoms with Crippen LogP contribution in [0.25, 0.3) is 0 Å². The van der Waals surface area contributed by atoms with Crippen molar-refractivity contribution in [3.8, 4) is 5.75 Å². The van der Waals surface area contributed by atoms with Gasteiger partial charge in [-0.05, 0) is 29.6 Å². The highest BCUT2D eigenvalue weighted by Gasteiger charge is 2.20. The lowest BCUT2D eigenvalue weighted by Crippen LogP contribution is -2.33. The molecule has 1 heterocycles. The van der Waals surface area contributed by atoms with E-state index in [2.05, 4.69) is 10.1 Å². The minimum atomic E-state index is -0.464. The number of methoxy groups -OCH3 is 1. The molecule has 0 spiro atoms. The minimum absolute atomic E-state index is 0.0461. The molecule has 0 bridgehead atoms. The number of ether oxygens (including phenoxy) is 2. The Kier molecular flexibility index (Phi) is 6.90. The molecule has 1 atom stereocenters. The lowest BCUT2D eigenvalue weighted by atomic mass is 10.1. The topological polar surface area (TPSA) is 64.6 Å². The Balaban J connectivity index is 1.96. The average molecular weight is 388 g/mol. The normalized spacial score (nSPS) is 11.6. The fraction of sp³-hybridized carbons (Fsp3) is 0.250. The quantitative estimate of drug-likeness (QED) is 0.732. The number of carbonyl (C=O) groups excluding carboxylic acids is 2. The second-order valence-corrected chi connectivity index (χ2v) is 6.60. The van der Waals surface area contributed by atoms with Gasteiger partial charge in [0.15, 0.2) is 6.61 Å². The van der Waals surface area contributed by atoms with Gasteiger partial charge in [-0.2, -0.15) is 0 Å². The molecule has 8 heteroatoms. The van der Waals surface area contributed by atoms with Gasteiger partial charge in [0.25, 0.3) is 5.91 Å². The van der Waals surface area contributed by atoms with Gasteiger partial charge in [-0.1, -0.05) is 29.3 Å². The summed E-state index contributed by atoms with van der Waals surface area (Å²) in [4.78, 5) is 24.5. The van der Waals surface area contributed by atoms with E-state index < -0.39 is 12.0 Å². The predicted octanol–water partition coefficient (Wildman–Crippen LogP) is 3.85. The number of esters is 1. The molecular formula is C16H15Cl2NO4S. The first-order valence-corrected chi connectivity index (χ1v) is 8.60. The van der Waals surface area contributed by atoms with Crippen molar-refractivity contribution >= 4 is 46.4 Å². The smallest absolute Gasteiger partial charge is 0.307 e. The summed E-state index contributed by atoms with van der Waals surface area (Å²) in [7, 11) is 1.31. The predicted molar refractivity (Wildman–Crippen MR) is 93.8 cm³/mol. The van der Waals surface area contributed by atoms with Crippen LogP contribution in [-0.4, -0.2) is 25.6 Å². The molecule has 0 aliphatic carbocycles. The lowest BCUT2D eigenvalue weighted by Gasteiger charge is -2.17. The molecule has 0 fully saturated rings. The zero-order chi connectivity index (χ0) is 17.5. The summed E-state index contributed by atoms with van der Waals surface area (Å²) >= 11 is 13.2. The number of benzene rings is 1. The van der Waals surface area contributed by atoms with Gasteiger partial charge in [0.1, 0.15) is 5.75 Å². The number of hydrogen-bond acceptors (Lipinski definition) is 5. The Labute approximate surface area is 153 Å². The van der Waals surface area contributed by atoms with Crippen LogP contribution in [0.15, 0.2) is 35.7 Å². The van der Waals surface area contributed by atoms with Gasteiger partial charge in [-0.3, -0.25) is 9.59 Å². The first-order valence-electron chi connectivity index (χ1n) is 6.97. The number of halogens is 2. The standard InChI is InChI=1S/C16H15Cl2NO4S/c1-22-16(21)8-12(14-3-2-6-24-14)19-15(20)9-23-13-5-4-10(17)7-11(13)18/h2-7,12H,8-9H2,1H3,(H,19,20). The molecule has 24 heavy (non-hydrogen) atoms. The maximum absolute atomic E-state index is 12.1. The lowest BCUT2D eigenvalue weighted by molar-refractivity contribution is -0.141. The van der Waals surface area contributed by atoms with Crippen molar-refractivity contribution in [3.63, 3.8) is 0 Å². The van der Waals surface area contributed by atoms with Crippen LogP contribution in [0, 0.1) is 0 Å². The molecule has 0 saturated carbocycles. The van der Waals surface area contributed by atoms with Gasteiger partial charge in [0.05, 0.1) is 24.6 Å². The molecule has 0 aliphatic heterocycles. The molecule has 2 aromatic rings. The molecular weight excluding hydrogens is 373 g/mol. The number of rotatable bonds is 7. The van der Waals surface area contributed by atoms with Crippen molar-refractivity contribution in [2.75, 3.05) is 13.7 Å². The highest BCUT2D eigenvalue weighted by molar-refractivity contribution is 7.10. The van der Waals surface area contributed by atoms with Gasteiger partial charge >= 0.3 is 5.97 Å². The van der Waals surface area contributed by atoms with E-state index in [1.54, 1.807) is 12.1 Å². The summed E-state index contributed by atoms with van der Waals surface area (Å²) in [6.07, 6.45) is 0.0461. The number of nitrogens with one attached hydrogen (secondary N) is 1. The average Bonchev–Trinajstić information content (AvgIpc) is 3.07. The Bertz CT molecular complexity index is 706. The molecule has 1 unspecified atom stereocenters. The van der Waals surface area contributed by atoms with Crippen molar-refractivity contribution in [2.24, 2.45) is 0 Å². The fourth-order valence-corrected chi connectivity index (χ4v) is 3.17. The van der Waals surface area contributed by atoms with Crippen LogP contribution in [0.5, 0.6) is 5.75 Å². The first kappa shape index (κ1) is 18.6. The van der Waals surface area contributed by atoms with E-state index in [4.69, 9.17) is 27.9 Å². The molecule has 0 radical (unpaired) electrons. The van der Waals surface area contributed by atoms with Crippen molar-refractivity contribution in [1.29, 1.82) is 0 Å². The van der Waals surface area contributed by atoms with E-state index in [1.165, 1.54) is 24.5 Å². The molecule has 0 aliphatic rings. The van der Waals surface area contributed by atoms with E-state index >= 15 is 0 Å². The Morgan fingerprint density at radius 2 is 2.08 bits per heavy atom. The van der Waals surface area contributed by atoms with Crippen LogP contribution < -0.4 is 10.1 Å². The molecule has 2 rings (SSSR count). The van der Waals surface area contributed by atoms with Gasteiger partial charge < -0.3 is 14.8 Å². The molecule has 128 valence electrons. The molecule has 1 aromatic heterocycles. The summed E-state index contributed by atoms with van der Waals surface area (Å²) < 4.78 is 10.1. The third kappa shape index (κ3) is 5.40. The monoisotopic (exact) mass is 387 g/mol. The summed E-state index contributed by atoms with van der Waals surface area (Å²) in [6, 6.07) is 7.96. The van der Waals surface area contributed by atoms with Gasteiger partial charge in [0, 0.05) is 9.90 Å². The van der Waals surface area contributed by atoms with Crippen LogP contribution in [0.1, 0.15) is 17.3 Å². The number of thiophene rings is 1. The molecule has 0 saturated heterocycles. The van der Waals surface area contributed by atoms with Crippen molar-refractivity contribution in [2.45, 2.75) is 12.5 Å². The van der Waals surface area contributed by atoms with E-state index in [0.717, 1.165) is 4.88 Å². The summed E-state index contributed by atoms with van der Waals surface area (Å²) in [6.45, 7) is -0.232. The SMILES string of the molecule is COC(=O)CC(NC(=O)COc1ccc(Cl)cc1Cl)c1cccs1. The maximum atomic E-state index is 12.1. The van der Waals surface area contributed by atoms with Gasteiger partial charge in [0.2, 0.25) is 0 Å². The molecule has 1 N–H and O–H groups in total. The van der Waals surface area contributed by atoms with Gasteiger partial charge in [-0.25, -0.2) is 0 Å². The van der Waals surface area contributed by atoms with E-state index in [-0.39, 0.29) is 18.9 Å². The first-order chi connectivity index (χ1) is 11.5. The van der Waals surface area contributed by atoms with Gasteiger partial charge in [-0.15, -0.1) is 11.3 Å². The largest absolute Gasteiger partial charge is 0.482 e. The molecule has 1 amide bonds.